The molecule has 0 saturated heterocycles. The molecule has 2 aromatic heterocycles. The van der Waals surface area contributed by atoms with E-state index in [-0.39, 0.29) is 0 Å². The third kappa shape index (κ3) is 2.91. The summed E-state index contributed by atoms with van der Waals surface area (Å²) in [5, 5.41) is 4.75. The lowest BCUT2D eigenvalue weighted by Crippen LogP contribution is -2.02. The van der Waals surface area contributed by atoms with Crippen molar-refractivity contribution in [2.24, 2.45) is 0 Å². The first-order valence-corrected chi connectivity index (χ1v) is 11.8. The Hall–Kier alpha value is -3.91. The Balaban J connectivity index is 1.58. The maximum atomic E-state index is 6.77. The second kappa shape index (κ2) is 7.31. The van der Waals surface area contributed by atoms with Crippen molar-refractivity contribution in [3.63, 3.8) is 0 Å². The van der Waals surface area contributed by atoms with Gasteiger partial charge in [0.2, 0.25) is 0 Å². The maximum Gasteiger partial charge on any atom is 0.145 e. The van der Waals surface area contributed by atoms with Gasteiger partial charge in [0.1, 0.15) is 11.2 Å². The van der Waals surface area contributed by atoms with Gasteiger partial charge in [0, 0.05) is 27.9 Å². The monoisotopic (exact) mass is 425 g/mol. The summed E-state index contributed by atoms with van der Waals surface area (Å²) in [6.45, 7) is 0. The molecule has 1 aliphatic carbocycles. The summed E-state index contributed by atoms with van der Waals surface area (Å²) in [5.74, 6) is 0. The van der Waals surface area contributed by atoms with Crippen molar-refractivity contribution in [1.82, 2.24) is 4.98 Å². The van der Waals surface area contributed by atoms with Gasteiger partial charge in [-0.05, 0) is 65.5 Å². The van der Waals surface area contributed by atoms with Crippen LogP contribution in [-0.4, -0.2) is 4.98 Å². The van der Waals surface area contributed by atoms with Gasteiger partial charge in [-0.3, -0.25) is 4.98 Å². The average Bonchev–Trinajstić information content (AvgIpc) is 3.29. The molecule has 0 atom stereocenters. The number of rotatable bonds is 2. The van der Waals surface area contributed by atoms with Gasteiger partial charge < -0.3 is 4.42 Å². The van der Waals surface area contributed by atoms with E-state index in [2.05, 4.69) is 84.9 Å². The molecule has 158 valence electrons. The fourth-order valence-corrected chi connectivity index (χ4v) is 5.46. The topological polar surface area (TPSA) is 26.0 Å². The molecule has 0 unspecified atom stereocenters. The number of aromatic nitrogens is 1. The maximum absolute atomic E-state index is 6.77. The fourth-order valence-electron chi connectivity index (χ4n) is 5.46. The number of fused-ring (bicyclic) bond motifs is 6. The number of furan rings is 1. The molecule has 6 aromatic rings. The lowest BCUT2D eigenvalue weighted by atomic mass is 9.89. The van der Waals surface area contributed by atoms with Gasteiger partial charge in [0.25, 0.3) is 0 Å². The van der Waals surface area contributed by atoms with Crippen LogP contribution in [0.1, 0.15) is 24.0 Å². The average molecular weight is 426 g/mol. The number of aryl methyl sites for hydroxylation is 2. The van der Waals surface area contributed by atoms with E-state index in [0.29, 0.717) is 0 Å². The Bertz CT molecular complexity index is 1660. The molecule has 7 rings (SSSR count). The van der Waals surface area contributed by atoms with Crippen LogP contribution in [0.25, 0.3) is 55.1 Å². The Kier molecular flexibility index (Phi) is 4.13. The minimum Gasteiger partial charge on any atom is -0.455 e. The zero-order valence-corrected chi connectivity index (χ0v) is 18.3. The summed E-state index contributed by atoms with van der Waals surface area (Å²) >= 11 is 0. The van der Waals surface area contributed by atoms with Crippen LogP contribution in [0, 0.1) is 0 Å². The SMILES string of the molecule is c1ccc(-c2ccc(-c3cc4ccccc4cn3)c3oc4c5c(ccc4c23)CCCC5)cc1. The van der Waals surface area contributed by atoms with Crippen LogP contribution in [-0.2, 0) is 12.8 Å². The van der Waals surface area contributed by atoms with Gasteiger partial charge in [-0.15, -0.1) is 0 Å². The Morgan fingerprint density at radius 2 is 1.45 bits per heavy atom. The van der Waals surface area contributed by atoms with E-state index < -0.39 is 0 Å². The first-order chi connectivity index (χ1) is 16.4. The van der Waals surface area contributed by atoms with Crippen molar-refractivity contribution in [3.8, 4) is 22.4 Å². The molecular weight excluding hydrogens is 402 g/mol. The third-order valence-corrected chi connectivity index (χ3v) is 7.10. The first kappa shape index (κ1) is 18.6. The van der Waals surface area contributed by atoms with E-state index in [4.69, 9.17) is 9.40 Å². The summed E-state index contributed by atoms with van der Waals surface area (Å²) in [6.07, 6.45) is 6.70. The molecule has 0 spiro atoms. The molecule has 0 saturated carbocycles. The molecule has 0 amide bonds. The zero-order chi connectivity index (χ0) is 21.8. The van der Waals surface area contributed by atoms with E-state index in [1.54, 1.807) is 0 Å². The number of nitrogens with zero attached hydrogens (tertiary/aromatic N) is 1. The van der Waals surface area contributed by atoms with Gasteiger partial charge in [0.15, 0.2) is 0 Å². The highest BCUT2D eigenvalue weighted by Gasteiger charge is 2.22. The van der Waals surface area contributed by atoms with Crippen LogP contribution < -0.4 is 0 Å². The first-order valence-electron chi connectivity index (χ1n) is 11.8. The smallest absolute Gasteiger partial charge is 0.145 e. The van der Waals surface area contributed by atoms with Crippen molar-refractivity contribution in [2.45, 2.75) is 25.7 Å². The lowest BCUT2D eigenvalue weighted by molar-refractivity contribution is 0.638. The van der Waals surface area contributed by atoms with E-state index in [1.807, 2.05) is 6.20 Å². The van der Waals surface area contributed by atoms with Crippen LogP contribution in [0.4, 0.5) is 0 Å². The molecular formula is C31H23NO. The van der Waals surface area contributed by atoms with Crippen LogP contribution in [0.2, 0.25) is 0 Å². The van der Waals surface area contributed by atoms with Gasteiger partial charge >= 0.3 is 0 Å². The minimum atomic E-state index is 0.938. The van der Waals surface area contributed by atoms with Gasteiger partial charge in [-0.2, -0.15) is 0 Å². The number of hydrogen-bond acceptors (Lipinski definition) is 2. The van der Waals surface area contributed by atoms with E-state index in [0.717, 1.165) is 40.7 Å². The van der Waals surface area contributed by atoms with Crippen molar-refractivity contribution in [1.29, 1.82) is 0 Å². The van der Waals surface area contributed by atoms with Gasteiger partial charge in [-0.25, -0.2) is 0 Å². The fraction of sp³-hybridized carbons (Fsp3) is 0.129. The summed E-state index contributed by atoms with van der Waals surface area (Å²) in [5.41, 5.74) is 9.26. The summed E-state index contributed by atoms with van der Waals surface area (Å²) in [4.78, 5) is 4.83. The Morgan fingerprint density at radius 3 is 2.36 bits per heavy atom. The number of hydrogen-bond donors (Lipinski definition) is 0. The van der Waals surface area contributed by atoms with E-state index in [9.17, 15) is 0 Å². The highest BCUT2D eigenvalue weighted by Crippen LogP contribution is 2.43. The highest BCUT2D eigenvalue weighted by molar-refractivity contribution is 6.17. The zero-order valence-electron chi connectivity index (χ0n) is 18.3. The predicted octanol–water partition coefficient (Wildman–Crippen LogP) is 8.35. The second-order valence-corrected chi connectivity index (χ2v) is 9.04. The van der Waals surface area contributed by atoms with Crippen LogP contribution >= 0.6 is 0 Å². The Morgan fingerprint density at radius 1 is 0.667 bits per heavy atom. The van der Waals surface area contributed by atoms with Gasteiger partial charge in [-0.1, -0.05) is 72.8 Å². The molecule has 2 heterocycles. The molecule has 2 nitrogen and oxygen atoms in total. The minimum absolute atomic E-state index is 0.938. The molecule has 0 aliphatic heterocycles. The summed E-state index contributed by atoms with van der Waals surface area (Å²) in [7, 11) is 0. The van der Waals surface area contributed by atoms with E-state index in [1.165, 1.54) is 51.3 Å². The molecule has 0 N–H and O–H groups in total. The van der Waals surface area contributed by atoms with E-state index >= 15 is 0 Å². The van der Waals surface area contributed by atoms with Crippen LogP contribution in [0.3, 0.4) is 0 Å². The standard InChI is InChI=1S/C31H23NO/c1-2-8-20(9-3-1)24-16-17-26(28-18-22-11-4-5-12-23(22)19-32-28)31-29(24)27-15-14-21-10-6-7-13-25(21)30(27)33-31/h1-5,8-9,11-12,14-19H,6-7,10,13H2. The molecule has 0 bridgehead atoms. The van der Waals surface area contributed by atoms with Crippen LogP contribution in [0.15, 0.2) is 95.5 Å². The van der Waals surface area contributed by atoms with Crippen molar-refractivity contribution >= 4 is 32.7 Å². The predicted molar refractivity (Wildman–Crippen MR) is 137 cm³/mol. The molecule has 33 heavy (non-hydrogen) atoms. The molecule has 0 fully saturated rings. The quantitative estimate of drug-likeness (QED) is 0.279. The number of pyridine rings is 1. The Labute approximate surface area is 192 Å². The summed E-state index contributed by atoms with van der Waals surface area (Å²) < 4.78 is 6.77. The normalized spacial score (nSPS) is 13.6. The van der Waals surface area contributed by atoms with Crippen molar-refractivity contribution in [3.05, 3.63) is 102 Å². The summed E-state index contributed by atoms with van der Waals surface area (Å²) in [6, 6.07) is 30.2. The lowest BCUT2D eigenvalue weighted by Gasteiger charge is -2.15. The van der Waals surface area contributed by atoms with Crippen molar-refractivity contribution in [2.75, 3.05) is 0 Å². The molecule has 1 aliphatic rings. The third-order valence-electron chi connectivity index (χ3n) is 7.10. The van der Waals surface area contributed by atoms with Gasteiger partial charge in [0.05, 0.1) is 5.69 Å². The molecule has 4 aromatic carbocycles. The van der Waals surface area contributed by atoms with Crippen LogP contribution in [0.5, 0.6) is 0 Å². The molecule has 2 heteroatoms. The largest absolute Gasteiger partial charge is 0.455 e. The highest BCUT2D eigenvalue weighted by atomic mass is 16.3. The second-order valence-electron chi connectivity index (χ2n) is 9.04. The van der Waals surface area contributed by atoms with Crippen molar-refractivity contribution < 1.29 is 4.42 Å². The number of benzene rings is 4. The molecule has 0 radical (unpaired) electrons.